The second-order valence-corrected chi connectivity index (χ2v) is 4.78. The van der Waals surface area contributed by atoms with Crippen molar-refractivity contribution in [2.24, 2.45) is 7.05 Å². The van der Waals surface area contributed by atoms with Gasteiger partial charge in [-0.1, -0.05) is 11.6 Å². The number of nitrogens with zero attached hydrogens (tertiary/aromatic N) is 4. The number of aromatic nitrogens is 4. The molecule has 0 fully saturated rings. The van der Waals surface area contributed by atoms with E-state index < -0.39 is 6.09 Å². The highest BCUT2D eigenvalue weighted by Crippen LogP contribution is 2.28. The van der Waals surface area contributed by atoms with E-state index in [9.17, 15) is 4.79 Å². The van der Waals surface area contributed by atoms with Crippen LogP contribution in [-0.2, 0) is 7.05 Å². The first-order valence-electron chi connectivity index (χ1n) is 5.99. The van der Waals surface area contributed by atoms with Gasteiger partial charge in [0.1, 0.15) is 5.15 Å². The quantitative estimate of drug-likeness (QED) is 0.710. The molecule has 0 atom stereocenters. The summed E-state index contributed by atoms with van der Waals surface area (Å²) in [6, 6.07) is 5.23. The second-order valence-electron chi connectivity index (χ2n) is 4.39. The van der Waals surface area contributed by atoms with Gasteiger partial charge >= 0.3 is 6.09 Å². The Labute approximate surface area is 124 Å². The van der Waals surface area contributed by atoms with Crippen molar-refractivity contribution in [3.63, 3.8) is 0 Å². The molecule has 7 nitrogen and oxygen atoms in total. The summed E-state index contributed by atoms with van der Waals surface area (Å²) in [5, 5.41) is 15.6. The maximum atomic E-state index is 10.8. The molecule has 0 spiro atoms. The van der Waals surface area contributed by atoms with Crippen LogP contribution < -0.4 is 5.32 Å². The first kappa shape index (κ1) is 13.3. The molecule has 0 unspecified atom stereocenters. The van der Waals surface area contributed by atoms with E-state index in [2.05, 4.69) is 20.4 Å². The fraction of sp³-hybridized carbons (Fsp3) is 0.0769. The van der Waals surface area contributed by atoms with Crippen molar-refractivity contribution in [2.75, 3.05) is 5.32 Å². The molecule has 21 heavy (non-hydrogen) atoms. The normalized spacial score (nSPS) is 10.8. The first-order chi connectivity index (χ1) is 10.0. The summed E-state index contributed by atoms with van der Waals surface area (Å²) >= 11 is 5.88. The van der Waals surface area contributed by atoms with Crippen molar-refractivity contribution >= 4 is 34.5 Å². The van der Waals surface area contributed by atoms with Gasteiger partial charge in [-0.15, -0.1) is 0 Å². The smallest absolute Gasteiger partial charge is 0.410 e. The van der Waals surface area contributed by atoms with Crippen molar-refractivity contribution in [3.05, 3.63) is 35.7 Å². The van der Waals surface area contributed by atoms with Crippen LogP contribution in [0.1, 0.15) is 0 Å². The predicted octanol–water partition coefficient (Wildman–Crippen LogP) is 2.77. The molecule has 3 rings (SSSR count). The molecule has 0 aliphatic heterocycles. The Bertz CT molecular complexity index is 846. The fourth-order valence-corrected chi connectivity index (χ4v) is 2.18. The standard InChI is InChI=1S/C13H10ClN5O2/c1-19-6-8(12(18-19)17-13(20)21)7-4-10-9(15-5-7)2-3-11(14)16-10/h2-6H,1H3,(H,17,18)(H,20,21). The zero-order chi connectivity index (χ0) is 15.0. The fourth-order valence-electron chi connectivity index (χ4n) is 2.02. The summed E-state index contributed by atoms with van der Waals surface area (Å²) in [5.74, 6) is 0.244. The van der Waals surface area contributed by atoms with Gasteiger partial charge in [-0.3, -0.25) is 15.0 Å². The predicted molar refractivity (Wildman–Crippen MR) is 78.4 cm³/mol. The lowest BCUT2D eigenvalue weighted by Crippen LogP contribution is -2.08. The number of anilines is 1. The molecule has 1 amide bonds. The number of carbonyl (C=O) groups is 1. The number of pyridine rings is 2. The second kappa shape index (κ2) is 5.02. The Kier molecular flexibility index (Phi) is 3.19. The molecule has 0 aromatic carbocycles. The van der Waals surface area contributed by atoms with Gasteiger partial charge in [-0.05, 0) is 18.2 Å². The highest BCUT2D eigenvalue weighted by Gasteiger charge is 2.13. The molecular formula is C13H10ClN5O2. The lowest BCUT2D eigenvalue weighted by molar-refractivity contribution is 0.209. The molecule has 0 aliphatic carbocycles. The Morgan fingerprint density at radius 2 is 2.19 bits per heavy atom. The van der Waals surface area contributed by atoms with Gasteiger partial charge in [0.15, 0.2) is 5.82 Å². The van der Waals surface area contributed by atoms with E-state index in [0.717, 1.165) is 0 Å². The van der Waals surface area contributed by atoms with Gasteiger partial charge in [-0.25, -0.2) is 9.78 Å². The molecule has 3 heterocycles. The number of hydrogen-bond acceptors (Lipinski definition) is 4. The number of carboxylic acid groups (broad SMARTS) is 1. The van der Waals surface area contributed by atoms with Crippen LogP contribution in [0.2, 0.25) is 5.15 Å². The van der Waals surface area contributed by atoms with Gasteiger partial charge < -0.3 is 5.11 Å². The van der Waals surface area contributed by atoms with Crippen LogP contribution in [0.15, 0.2) is 30.6 Å². The Morgan fingerprint density at radius 3 is 2.95 bits per heavy atom. The van der Waals surface area contributed by atoms with Gasteiger partial charge in [0.2, 0.25) is 0 Å². The summed E-state index contributed by atoms with van der Waals surface area (Å²) in [5.41, 5.74) is 2.66. The van der Waals surface area contributed by atoms with E-state index in [0.29, 0.717) is 27.3 Å². The number of rotatable bonds is 2. The molecule has 0 saturated carbocycles. The van der Waals surface area contributed by atoms with Crippen LogP contribution in [0.3, 0.4) is 0 Å². The molecule has 3 aromatic heterocycles. The van der Waals surface area contributed by atoms with E-state index in [4.69, 9.17) is 16.7 Å². The third-order valence-electron chi connectivity index (χ3n) is 2.87. The number of nitrogens with one attached hydrogen (secondary N) is 1. The Balaban J connectivity index is 2.13. The van der Waals surface area contributed by atoms with Crippen LogP contribution in [0, 0.1) is 0 Å². The number of fused-ring (bicyclic) bond motifs is 1. The Morgan fingerprint density at radius 1 is 1.38 bits per heavy atom. The largest absolute Gasteiger partial charge is 0.465 e. The molecule has 0 radical (unpaired) electrons. The third kappa shape index (κ3) is 2.63. The van der Waals surface area contributed by atoms with E-state index in [1.165, 1.54) is 4.68 Å². The maximum absolute atomic E-state index is 10.8. The van der Waals surface area contributed by atoms with Gasteiger partial charge in [0.25, 0.3) is 0 Å². The van der Waals surface area contributed by atoms with Crippen molar-refractivity contribution in [1.29, 1.82) is 0 Å². The number of amides is 1. The number of hydrogen-bond donors (Lipinski definition) is 2. The SMILES string of the molecule is Cn1cc(-c2cnc3ccc(Cl)nc3c2)c(NC(=O)O)n1. The summed E-state index contributed by atoms with van der Waals surface area (Å²) in [6.45, 7) is 0. The minimum absolute atomic E-state index is 0.244. The zero-order valence-corrected chi connectivity index (χ0v) is 11.7. The molecule has 8 heteroatoms. The van der Waals surface area contributed by atoms with Crippen LogP contribution in [0.5, 0.6) is 0 Å². The van der Waals surface area contributed by atoms with Gasteiger partial charge in [-0.2, -0.15) is 5.10 Å². The molecule has 2 N–H and O–H groups in total. The number of aryl methyl sites for hydroxylation is 1. The van der Waals surface area contributed by atoms with Crippen molar-refractivity contribution in [1.82, 2.24) is 19.7 Å². The van der Waals surface area contributed by atoms with E-state index in [-0.39, 0.29) is 5.82 Å². The molecule has 0 bridgehead atoms. The van der Waals surface area contributed by atoms with Crippen molar-refractivity contribution in [3.8, 4) is 11.1 Å². The van der Waals surface area contributed by atoms with E-state index >= 15 is 0 Å². The lowest BCUT2D eigenvalue weighted by Gasteiger charge is -2.03. The summed E-state index contributed by atoms with van der Waals surface area (Å²) in [7, 11) is 1.71. The van der Waals surface area contributed by atoms with Gasteiger partial charge in [0.05, 0.1) is 11.0 Å². The minimum atomic E-state index is -1.18. The van der Waals surface area contributed by atoms with Crippen LogP contribution in [-0.4, -0.2) is 30.9 Å². The van der Waals surface area contributed by atoms with Crippen LogP contribution in [0.25, 0.3) is 22.2 Å². The molecular weight excluding hydrogens is 294 g/mol. The summed E-state index contributed by atoms with van der Waals surface area (Å²) in [6.07, 6.45) is 2.17. The highest BCUT2D eigenvalue weighted by molar-refractivity contribution is 6.29. The third-order valence-corrected chi connectivity index (χ3v) is 3.08. The minimum Gasteiger partial charge on any atom is -0.465 e. The highest BCUT2D eigenvalue weighted by atomic mass is 35.5. The average molecular weight is 304 g/mol. The van der Waals surface area contributed by atoms with E-state index in [1.807, 2.05) is 0 Å². The van der Waals surface area contributed by atoms with Gasteiger partial charge in [0, 0.05) is 30.6 Å². The first-order valence-corrected chi connectivity index (χ1v) is 6.37. The topological polar surface area (TPSA) is 92.9 Å². The van der Waals surface area contributed by atoms with Crippen LogP contribution >= 0.6 is 11.6 Å². The molecule has 0 aliphatic rings. The molecule has 106 valence electrons. The van der Waals surface area contributed by atoms with Crippen LogP contribution in [0.4, 0.5) is 10.6 Å². The lowest BCUT2D eigenvalue weighted by atomic mass is 10.1. The summed E-state index contributed by atoms with van der Waals surface area (Å²) < 4.78 is 1.52. The van der Waals surface area contributed by atoms with E-state index in [1.54, 1.807) is 37.6 Å². The summed E-state index contributed by atoms with van der Waals surface area (Å²) in [4.78, 5) is 19.3. The average Bonchev–Trinajstić information content (AvgIpc) is 2.77. The monoisotopic (exact) mass is 303 g/mol. The Hall–Kier alpha value is -2.67. The number of halogens is 1. The maximum Gasteiger partial charge on any atom is 0.410 e. The molecule has 3 aromatic rings. The van der Waals surface area contributed by atoms with Crippen molar-refractivity contribution in [2.45, 2.75) is 0 Å². The van der Waals surface area contributed by atoms with Crippen molar-refractivity contribution < 1.29 is 9.90 Å². The molecule has 0 saturated heterocycles. The zero-order valence-electron chi connectivity index (χ0n) is 10.9.